The zero-order chi connectivity index (χ0) is 21.7. The first-order valence-electron chi connectivity index (χ1n) is 11.0. The number of benzene rings is 1. The fourth-order valence-electron chi connectivity index (χ4n) is 4.24. The van der Waals surface area contributed by atoms with Gasteiger partial charge in [0.1, 0.15) is 0 Å². The minimum absolute atomic E-state index is 0.0261. The number of hydrogen-bond acceptors (Lipinski definition) is 3. The Labute approximate surface area is 179 Å². The SMILES string of the molecule is CCCn1nc(C)cc1CN(C)C(=O)c1ccc(CC2CCN(C(C)=O)CC2)cc1. The number of aryl methyl sites for hydroxylation is 2. The van der Waals surface area contributed by atoms with E-state index in [1.807, 2.05) is 35.7 Å². The highest BCUT2D eigenvalue weighted by Gasteiger charge is 2.21. The summed E-state index contributed by atoms with van der Waals surface area (Å²) < 4.78 is 2.00. The fraction of sp³-hybridized carbons (Fsp3) is 0.542. The van der Waals surface area contributed by atoms with E-state index in [1.54, 1.807) is 11.8 Å². The number of likely N-dealkylation sites (tertiary alicyclic amines) is 1. The first-order chi connectivity index (χ1) is 14.4. The van der Waals surface area contributed by atoms with Crippen LogP contribution in [0, 0.1) is 12.8 Å². The first-order valence-corrected chi connectivity index (χ1v) is 11.0. The van der Waals surface area contributed by atoms with Gasteiger partial charge in [-0.1, -0.05) is 19.1 Å². The van der Waals surface area contributed by atoms with Crippen LogP contribution in [0.5, 0.6) is 0 Å². The molecule has 0 spiro atoms. The van der Waals surface area contributed by atoms with Crippen molar-refractivity contribution in [2.24, 2.45) is 5.92 Å². The molecule has 1 aromatic heterocycles. The molecule has 0 saturated carbocycles. The molecule has 0 unspecified atom stereocenters. The molecule has 30 heavy (non-hydrogen) atoms. The Morgan fingerprint density at radius 1 is 1.17 bits per heavy atom. The van der Waals surface area contributed by atoms with E-state index in [0.717, 1.165) is 56.7 Å². The summed E-state index contributed by atoms with van der Waals surface area (Å²) in [6.07, 6.45) is 4.12. The van der Waals surface area contributed by atoms with Gasteiger partial charge in [-0.3, -0.25) is 14.3 Å². The van der Waals surface area contributed by atoms with Gasteiger partial charge in [-0.15, -0.1) is 0 Å². The van der Waals surface area contributed by atoms with Crippen molar-refractivity contribution in [3.05, 3.63) is 52.8 Å². The number of nitrogens with zero attached hydrogens (tertiary/aromatic N) is 4. The van der Waals surface area contributed by atoms with Gasteiger partial charge in [-0.05, 0) is 62.3 Å². The summed E-state index contributed by atoms with van der Waals surface area (Å²) in [5, 5.41) is 4.52. The third kappa shape index (κ3) is 5.49. The Kier molecular flexibility index (Phi) is 7.29. The van der Waals surface area contributed by atoms with Crippen molar-refractivity contribution in [3.8, 4) is 0 Å². The summed E-state index contributed by atoms with van der Waals surface area (Å²) in [7, 11) is 1.84. The summed E-state index contributed by atoms with van der Waals surface area (Å²) >= 11 is 0. The molecule has 2 heterocycles. The molecule has 0 atom stereocenters. The Bertz CT molecular complexity index is 864. The quantitative estimate of drug-likeness (QED) is 0.700. The topological polar surface area (TPSA) is 58.4 Å². The second-order valence-corrected chi connectivity index (χ2v) is 8.51. The van der Waals surface area contributed by atoms with Crippen LogP contribution < -0.4 is 0 Å². The van der Waals surface area contributed by atoms with Crippen LogP contribution in [-0.2, 0) is 24.3 Å². The van der Waals surface area contributed by atoms with E-state index in [4.69, 9.17) is 0 Å². The second-order valence-electron chi connectivity index (χ2n) is 8.51. The highest BCUT2D eigenvalue weighted by Crippen LogP contribution is 2.22. The minimum Gasteiger partial charge on any atom is -0.343 e. The van der Waals surface area contributed by atoms with E-state index in [9.17, 15) is 9.59 Å². The van der Waals surface area contributed by atoms with Crippen molar-refractivity contribution in [2.75, 3.05) is 20.1 Å². The van der Waals surface area contributed by atoms with Crippen LogP contribution in [-0.4, -0.2) is 51.5 Å². The monoisotopic (exact) mass is 410 g/mol. The van der Waals surface area contributed by atoms with Gasteiger partial charge in [0.15, 0.2) is 0 Å². The lowest BCUT2D eigenvalue weighted by Crippen LogP contribution is -2.37. The number of carbonyl (C=O) groups excluding carboxylic acids is 2. The molecule has 0 bridgehead atoms. The number of piperidine rings is 1. The Morgan fingerprint density at radius 2 is 1.83 bits per heavy atom. The lowest BCUT2D eigenvalue weighted by Gasteiger charge is -2.31. The maximum absolute atomic E-state index is 12.9. The predicted octanol–water partition coefficient (Wildman–Crippen LogP) is 3.67. The molecular formula is C24H34N4O2. The van der Waals surface area contributed by atoms with Crippen molar-refractivity contribution < 1.29 is 9.59 Å². The van der Waals surface area contributed by atoms with E-state index >= 15 is 0 Å². The molecular weight excluding hydrogens is 376 g/mol. The third-order valence-electron chi connectivity index (χ3n) is 5.95. The molecule has 2 aromatic rings. The molecule has 1 fully saturated rings. The van der Waals surface area contributed by atoms with Crippen LogP contribution in [0.15, 0.2) is 30.3 Å². The van der Waals surface area contributed by atoms with E-state index in [-0.39, 0.29) is 11.8 Å². The standard InChI is InChI=1S/C24H34N4O2/c1-5-12-28-23(15-18(2)25-28)17-26(4)24(30)22-8-6-20(7-9-22)16-21-10-13-27(14-11-21)19(3)29/h6-9,15,21H,5,10-14,16-17H2,1-4H3. The van der Waals surface area contributed by atoms with Gasteiger partial charge >= 0.3 is 0 Å². The number of carbonyl (C=O) groups is 2. The molecule has 1 saturated heterocycles. The average Bonchev–Trinajstić information content (AvgIpc) is 3.07. The summed E-state index contributed by atoms with van der Waals surface area (Å²) in [6, 6.07) is 10.1. The van der Waals surface area contributed by atoms with Crippen molar-refractivity contribution in [1.82, 2.24) is 19.6 Å². The summed E-state index contributed by atoms with van der Waals surface area (Å²) in [5.74, 6) is 0.804. The van der Waals surface area contributed by atoms with E-state index in [2.05, 4.69) is 30.2 Å². The Hall–Kier alpha value is -2.63. The lowest BCUT2D eigenvalue weighted by atomic mass is 9.90. The molecule has 0 aliphatic carbocycles. The summed E-state index contributed by atoms with van der Waals surface area (Å²) in [4.78, 5) is 28.0. The van der Waals surface area contributed by atoms with Crippen LogP contribution >= 0.6 is 0 Å². The van der Waals surface area contributed by atoms with Gasteiger partial charge in [0.2, 0.25) is 5.91 Å². The zero-order valence-corrected chi connectivity index (χ0v) is 18.7. The molecule has 162 valence electrons. The highest BCUT2D eigenvalue weighted by molar-refractivity contribution is 5.94. The average molecular weight is 411 g/mol. The fourth-order valence-corrected chi connectivity index (χ4v) is 4.24. The second kappa shape index (κ2) is 9.92. The number of hydrogen-bond donors (Lipinski definition) is 0. The van der Waals surface area contributed by atoms with Gasteiger partial charge in [0, 0.05) is 39.2 Å². The van der Waals surface area contributed by atoms with Gasteiger partial charge in [0.25, 0.3) is 5.91 Å². The molecule has 3 rings (SSSR count). The number of amides is 2. The summed E-state index contributed by atoms with van der Waals surface area (Å²) in [5.41, 5.74) is 4.02. The maximum atomic E-state index is 12.9. The van der Waals surface area contributed by atoms with E-state index in [1.165, 1.54) is 5.56 Å². The third-order valence-corrected chi connectivity index (χ3v) is 5.95. The molecule has 2 amide bonds. The van der Waals surface area contributed by atoms with Crippen LogP contribution in [0.2, 0.25) is 0 Å². The molecule has 6 heteroatoms. The molecule has 0 N–H and O–H groups in total. The summed E-state index contributed by atoms with van der Waals surface area (Å²) in [6.45, 7) is 8.89. The number of rotatable bonds is 7. The zero-order valence-electron chi connectivity index (χ0n) is 18.7. The Morgan fingerprint density at radius 3 is 2.43 bits per heavy atom. The van der Waals surface area contributed by atoms with Crippen LogP contribution in [0.3, 0.4) is 0 Å². The van der Waals surface area contributed by atoms with Gasteiger partial charge < -0.3 is 9.80 Å². The smallest absolute Gasteiger partial charge is 0.253 e. The van der Waals surface area contributed by atoms with Crippen molar-refractivity contribution in [3.63, 3.8) is 0 Å². The lowest BCUT2D eigenvalue weighted by molar-refractivity contribution is -0.130. The van der Waals surface area contributed by atoms with E-state index in [0.29, 0.717) is 18.0 Å². The molecule has 6 nitrogen and oxygen atoms in total. The van der Waals surface area contributed by atoms with Crippen molar-refractivity contribution in [2.45, 2.75) is 59.5 Å². The van der Waals surface area contributed by atoms with Crippen LogP contribution in [0.25, 0.3) is 0 Å². The van der Waals surface area contributed by atoms with Gasteiger partial charge in [-0.2, -0.15) is 5.10 Å². The highest BCUT2D eigenvalue weighted by atomic mass is 16.2. The largest absolute Gasteiger partial charge is 0.343 e. The van der Waals surface area contributed by atoms with Gasteiger partial charge in [-0.25, -0.2) is 0 Å². The van der Waals surface area contributed by atoms with Crippen LogP contribution in [0.1, 0.15) is 60.4 Å². The maximum Gasteiger partial charge on any atom is 0.253 e. The molecule has 0 radical (unpaired) electrons. The molecule has 1 aliphatic rings. The van der Waals surface area contributed by atoms with Crippen LogP contribution in [0.4, 0.5) is 0 Å². The Balaban J connectivity index is 1.56. The van der Waals surface area contributed by atoms with E-state index < -0.39 is 0 Å². The normalized spacial score (nSPS) is 14.7. The molecule has 1 aliphatic heterocycles. The minimum atomic E-state index is 0.0261. The molecule has 1 aromatic carbocycles. The first kappa shape index (κ1) is 22.1. The predicted molar refractivity (Wildman–Crippen MR) is 118 cm³/mol. The van der Waals surface area contributed by atoms with Crippen molar-refractivity contribution in [1.29, 1.82) is 0 Å². The number of aromatic nitrogens is 2. The van der Waals surface area contributed by atoms with Gasteiger partial charge in [0.05, 0.1) is 17.9 Å². The van der Waals surface area contributed by atoms with Crippen molar-refractivity contribution >= 4 is 11.8 Å².